The number of aryl methyl sites for hydroxylation is 1. The van der Waals surface area contributed by atoms with Gasteiger partial charge in [-0.3, -0.25) is 0 Å². The van der Waals surface area contributed by atoms with E-state index in [4.69, 9.17) is 0 Å². The Balaban J connectivity index is 2.17. The van der Waals surface area contributed by atoms with Crippen LogP contribution in [0.15, 0.2) is 18.3 Å². The summed E-state index contributed by atoms with van der Waals surface area (Å²) < 4.78 is 24.0. The van der Waals surface area contributed by atoms with E-state index in [0.29, 0.717) is 5.95 Å². The third kappa shape index (κ3) is 3.19. The highest BCUT2D eigenvalue weighted by atomic mass is 32.2. The first-order chi connectivity index (χ1) is 8.33. The number of sulfone groups is 1. The van der Waals surface area contributed by atoms with E-state index in [2.05, 4.69) is 15.4 Å². The van der Waals surface area contributed by atoms with Crippen LogP contribution in [0.1, 0.15) is 12.5 Å². The molecular formula is C11H16N4O2S. The van der Waals surface area contributed by atoms with Gasteiger partial charge in [-0.25, -0.2) is 12.9 Å². The van der Waals surface area contributed by atoms with Crippen molar-refractivity contribution >= 4 is 21.4 Å². The number of hydrogen-bond donors (Lipinski definition) is 1. The van der Waals surface area contributed by atoms with Crippen molar-refractivity contribution in [1.82, 2.24) is 14.6 Å². The van der Waals surface area contributed by atoms with Crippen LogP contribution in [0, 0.1) is 6.92 Å². The molecule has 0 amide bonds. The van der Waals surface area contributed by atoms with Gasteiger partial charge in [-0.05, 0) is 31.5 Å². The molecule has 98 valence electrons. The van der Waals surface area contributed by atoms with E-state index in [1.165, 1.54) is 6.26 Å². The van der Waals surface area contributed by atoms with Gasteiger partial charge in [-0.1, -0.05) is 0 Å². The lowest BCUT2D eigenvalue weighted by molar-refractivity contribution is 0.597. The molecule has 1 atom stereocenters. The lowest BCUT2D eigenvalue weighted by Gasteiger charge is -2.09. The van der Waals surface area contributed by atoms with Crippen molar-refractivity contribution in [3.8, 4) is 0 Å². The molecule has 0 radical (unpaired) electrons. The van der Waals surface area contributed by atoms with Crippen molar-refractivity contribution in [1.29, 1.82) is 0 Å². The fourth-order valence-corrected chi connectivity index (χ4v) is 2.75. The summed E-state index contributed by atoms with van der Waals surface area (Å²) in [5, 5.41) is 7.21. The first-order valence-electron chi connectivity index (χ1n) is 5.61. The Labute approximate surface area is 106 Å². The van der Waals surface area contributed by atoms with E-state index in [1.807, 2.05) is 25.3 Å². The molecule has 18 heavy (non-hydrogen) atoms. The second-order valence-corrected chi connectivity index (χ2v) is 6.76. The van der Waals surface area contributed by atoms with E-state index < -0.39 is 9.84 Å². The molecule has 1 unspecified atom stereocenters. The zero-order chi connectivity index (χ0) is 13.3. The number of nitrogens with one attached hydrogen (secondary N) is 1. The number of rotatable bonds is 4. The average molecular weight is 268 g/mol. The lowest BCUT2D eigenvalue weighted by Crippen LogP contribution is -2.25. The topological polar surface area (TPSA) is 76.4 Å². The lowest BCUT2D eigenvalue weighted by atomic mass is 10.3. The van der Waals surface area contributed by atoms with Crippen LogP contribution >= 0.6 is 0 Å². The Hall–Kier alpha value is -1.63. The summed E-state index contributed by atoms with van der Waals surface area (Å²) in [7, 11) is -3.01. The van der Waals surface area contributed by atoms with Gasteiger partial charge in [0.2, 0.25) is 5.95 Å². The first-order valence-corrected chi connectivity index (χ1v) is 7.67. The first kappa shape index (κ1) is 12.8. The van der Waals surface area contributed by atoms with E-state index >= 15 is 0 Å². The summed E-state index contributed by atoms with van der Waals surface area (Å²) in [6, 6.07) is 3.63. The predicted octanol–water partition coefficient (Wildman–Crippen LogP) is 0.883. The van der Waals surface area contributed by atoms with Gasteiger partial charge in [0, 0.05) is 18.5 Å². The molecule has 0 spiro atoms. The highest BCUT2D eigenvalue weighted by molar-refractivity contribution is 7.90. The maximum atomic E-state index is 11.2. The fraction of sp³-hybridized carbons (Fsp3) is 0.455. The van der Waals surface area contributed by atoms with Crippen LogP contribution in [0.25, 0.3) is 5.65 Å². The zero-order valence-corrected chi connectivity index (χ0v) is 11.4. The van der Waals surface area contributed by atoms with E-state index in [1.54, 1.807) is 11.4 Å². The summed E-state index contributed by atoms with van der Waals surface area (Å²) in [6.45, 7) is 3.77. The molecular weight excluding hydrogens is 252 g/mol. The van der Waals surface area contributed by atoms with Crippen molar-refractivity contribution in [3.63, 3.8) is 0 Å². The van der Waals surface area contributed by atoms with Crippen LogP contribution in [0.5, 0.6) is 0 Å². The number of pyridine rings is 1. The number of nitrogens with zero attached hydrogens (tertiary/aromatic N) is 3. The Morgan fingerprint density at radius 3 is 2.89 bits per heavy atom. The number of hydrogen-bond acceptors (Lipinski definition) is 5. The van der Waals surface area contributed by atoms with Crippen LogP contribution in [0.2, 0.25) is 0 Å². The molecule has 2 rings (SSSR count). The van der Waals surface area contributed by atoms with Gasteiger partial charge in [0.25, 0.3) is 0 Å². The van der Waals surface area contributed by atoms with Crippen molar-refractivity contribution in [2.24, 2.45) is 0 Å². The van der Waals surface area contributed by atoms with Gasteiger partial charge in [-0.15, -0.1) is 5.10 Å². The minimum atomic E-state index is -3.01. The highest BCUT2D eigenvalue weighted by Gasteiger charge is 2.12. The normalized spacial score (nSPS) is 13.7. The Bertz CT molecular complexity index is 663. The van der Waals surface area contributed by atoms with Crippen molar-refractivity contribution < 1.29 is 8.42 Å². The molecule has 6 nitrogen and oxygen atoms in total. The van der Waals surface area contributed by atoms with Crippen LogP contribution < -0.4 is 5.32 Å². The van der Waals surface area contributed by atoms with E-state index in [0.717, 1.165) is 11.2 Å². The number of anilines is 1. The van der Waals surface area contributed by atoms with Crippen LogP contribution in [0.3, 0.4) is 0 Å². The molecule has 2 heterocycles. The molecule has 0 fully saturated rings. The molecule has 0 bridgehead atoms. The maximum absolute atomic E-state index is 11.2. The maximum Gasteiger partial charge on any atom is 0.243 e. The Morgan fingerprint density at radius 1 is 1.50 bits per heavy atom. The Kier molecular flexibility index (Phi) is 3.25. The Morgan fingerprint density at radius 2 is 2.22 bits per heavy atom. The fourth-order valence-electron chi connectivity index (χ4n) is 1.76. The third-order valence-electron chi connectivity index (χ3n) is 2.42. The minimum absolute atomic E-state index is 0.0571. The minimum Gasteiger partial charge on any atom is -0.349 e. The van der Waals surface area contributed by atoms with Gasteiger partial charge < -0.3 is 5.32 Å². The van der Waals surface area contributed by atoms with Crippen molar-refractivity contribution in [2.45, 2.75) is 19.9 Å². The molecule has 0 aromatic carbocycles. The summed E-state index contributed by atoms with van der Waals surface area (Å²) in [5.74, 6) is 0.499. The molecule has 2 aromatic heterocycles. The van der Waals surface area contributed by atoms with E-state index in [-0.39, 0.29) is 11.8 Å². The smallest absolute Gasteiger partial charge is 0.243 e. The quantitative estimate of drug-likeness (QED) is 0.891. The molecule has 0 aliphatic heterocycles. The second kappa shape index (κ2) is 4.56. The van der Waals surface area contributed by atoms with Crippen molar-refractivity contribution in [3.05, 3.63) is 23.9 Å². The largest absolute Gasteiger partial charge is 0.349 e. The predicted molar refractivity (Wildman–Crippen MR) is 70.5 cm³/mol. The summed E-state index contributed by atoms with van der Waals surface area (Å²) >= 11 is 0. The molecule has 1 N–H and O–H groups in total. The second-order valence-electron chi connectivity index (χ2n) is 4.58. The van der Waals surface area contributed by atoms with Gasteiger partial charge in [0.1, 0.15) is 9.84 Å². The summed E-state index contributed by atoms with van der Waals surface area (Å²) in [4.78, 5) is 4.29. The average Bonchev–Trinajstić information content (AvgIpc) is 2.55. The molecule has 0 aliphatic carbocycles. The van der Waals surface area contributed by atoms with E-state index in [9.17, 15) is 8.42 Å². The molecule has 0 aliphatic rings. The summed E-state index contributed by atoms with van der Waals surface area (Å²) in [5.41, 5.74) is 1.84. The zero-order valence-electron chi connectivity index (χ0n) is 10.6. The highest BCUT2D eigenvalue weighted by Crippen LogP contribution is 2.08. The van der Waals surface area contributed by atoms with Crippen LogP contribution in [-0.2, 0) is 9.84 Å². The van der Waals surface area contributed by atoms with Gasteiger partial charge >= 0.3 is 0 Å². The van der Waals surface area contributed by atoms with Gasteiger partial charge in [0.15, 0.2) is 5.65 Å². The van der Waals surface area contributed by atoms with Crippen LogP contribution in [-0.4, -0.2) is 41.1 Å². The molecule has 2 aromatic rings. The molecule has 7 heteroatoms. The monoisotopic (exact) mass is 268 g/mol. The third-order valence-corrected chi connectivity index (χ3v) is 3.53. The SMILES string of the molecule is Cc1ccn2nc(NC(C)CS(C)(=O)=O)nc2c1. The standard InChI is InChI=1S/C11H16N4O2S/c1-8-4-5-15-10(6-8)13-11(14-15)12-9(2)7-18(3,16)17/h4-6,9H,7H2,1-3H3,(H,12,14). The van der Waals surface area contributed by atoms with Crippen LogP contribution in [0.4, 0.5) is 5.95 Å². The van der Waals surface area contributed by atoms with Crippen molar-refractivity contribution in [2.75, 3.05) is 17.3 Å². The van der Waals surface area contributed by atoms with Gasteiger partial charge in [0.05, 0.1) is 5.75 Å². The molecule has 0 saturated heterocycles. The summed E-state index contributed by atoms with van der Waals surface area (Å²) in [6.07, 6.45) is 3.04. The molecule has 0 saturated carbocycles. The number of aromatic nitrogens is 3. The van der Waals surface area contributed by atoms with Gasteiger partial charge in [-0.2, -0.15) is 4.98 Å². The number of fused-ring (bicyclic) bond motifs is 1.